The number of carboxylic acids is 4. The van der Waals surface area contributed by atoms with Gasteiger partial charge in [-0.15, -0.1) is 0 Å². The standard InChI is InChI=1S/2C14H10O4.H2O/c2*15-13(16)11-5-1-9(2-6-11)10-3-7-12(8-4-10)14(17)18;/h2*1-8H,(H,15,16)(H,17,18);1H2. The minimum atomic E-state index is -0.970. The highest BCUT2D eigenvalue weighted by Gasteiger charge is 2.06. The number of rotatable bonds is 6. The predicted molar refractivity (Wildman–Crippen MR) is 135 cm³/mol. The van der Waals surface area contributed by atoms with Crippen molar-refractivity contribution >= 4 is 23.9 Å². The third-order valence-corrected chi connectivity index (χ3v) is 5.19. The molecule has 0 atom stereocenters. The first-order valence-electron chi connectivity index (χ1n) is 10.5. The number of carboxylic acid groups (broad SMARTS) is 4. The Morgan fingerprint density at radius 2 is 0.459 bits per heavy atom. The van der Waals surface area contributed by atoms with Crippen LogP contribution in [0, 0.1) is 0 Å². The Hall–Kier alpha value is -5.28. The van der Waals surface area contributed by atoms with E-state index in [1.807, 2.05) is 0 Å². The maximum atomic E-state index is 10.7. The van der Waals surface area contributed by atoms with E-state index in [0.717, 1.165) is 22.3 Å². The summed E-state index contributed by atoms with van der Waals surface area (Å²) in [6.07, 6.45) is 0. The van der Waals surface area contributed by atoms with Gasteiger partial charge in [-0.2, -0.15) is 0 Å². The molecular formula is C28H22O9. The number of benzene rings is 4. The molecule has 4 aromatic carbocycles. The molecule has 188 valence electrons. The van der Waals surface area contributed by atoms with Gasteiger partial charge in [-0.05, 0) is 70.8 Å². The molecule has 6 N–H and O–H groups in total. The van der Waals surface area contributed by atoms with E-state index in [2.05, 4.69) is 0 Å². The van der Waals surface area contributed by atoms with E-state index < -0.39 is 23.9 Å². The Bertz CT molecular complexity index is 1170. The van der Waals surface area contributed by atoms with Crippen LogP contribution in [0.5, 0.6) is 0 Å². The van der Waals surface area contributed by atoms with E-state index in [9.17, 15) is 19.2 Å². The quantitative estimate of drug-likeness (QED) is 0.293. The molecule has 0 aromatic heterocycles. The molecule has 0 aliphatic heterocycles. The summed E-state index contributed by atoms with van der Waals surface area (Å²) in [6, 6.07) is 25.7. The summed E-state index contributed by atoms with van der Waals surface area (Å²) in [7, 11) is 0. The highest BCUT2D eigenvalue weighted by Crippen LogP contribution is 2.21. The second-order valence-electron chi connectivity index (χ2n) is 7.53. The van der Waals surface area contributed by atoms with Crippen molar-refractivity contribution in [1.82, 2.24) is 0 Å². The molecule has 0 bridgehead atoms. The fourth-order valence-electron chi connectivity index (χ4n) is 3.22. The van der Waals surface area contributed by atoms with Crippen molar-refractivity contribution in [3.8, 4) is 22.3 Å². The average molecular weight is 502 g/mol. The lowest BCUT2D eigenvalue weighted by molar-refractivity contribution is 0.0686. The smallest absolute Gasteiger partial charge is 0.335 e. The number of carbonyl (C=O) groups is 4. The number of hydrogen-bond donors (Lipinski definition) is 4. The Labute approximate surface area is 210 Å². The van der Waals surface area contributed by atoms with Gasteiger partial charge in [0.1, 0.15) is 0 Å². The first-order valence-corrected chi connectivity index (χ1v) is 10.5. The van der Waals surface area contributed by atoms with Gasteiger partial charge in [0.2, 0.25) is 0 Å². The summed E-state index contributed by atoms with van der Waals surface area (Å²) in [5.41, 5.74) is 4.27. The van der Waals surface area contributed by atoms with Crippen LogP contribution in [0.2, 0.25) is 0 Å². The summed E-state index contributed by atoms with van der Waals surface area (Å²) in [5.74, 6) is -3.88. The van der Waals surface area contributed by atoms with Crippen molar-refractivity contribution in [1.29, 1.82) is 0 Å². The minimum Gasteiger partial charge on any atom is -0.478 e. The van der Waals surface area contributed by atoms with Crippen LogP contribution in [0.4, 0.5) is 0 Å². The van der Waals surface area contributed by atoms with E-state index in [4.69, 9.17) is 20.4 Å². The molecule has 37 heavy (non-hydrogen) atoms. The van der Waals surface area contributed by atoms with Crippen molar-refractivity contribution in [2.75, 3.05) is 0 Å². The highest BCUT2D eigenvalue weighted by atomic mass is 16.4. The lowest BCUT2D eigenvalue weighted by Gasteiger charge is -2.03. The van der Waals surface area contributed by atoms with Gasteiger partial charge >= 0.3 is 23.9 Å². The van der Waals surface area contributed by atoms with Gasteiger partial charge in [-0.3, -0.25) is 0 Å². The molecule has 0 saturated carbocycles. The van der Waals surface area contributed by atoms with Crippen LogP contribution in [-0.2, 0) is 0 Å². The highest BCUT2D eigenvalue weighted by molar-refractivity contribution is 5.90. The van der Waals surface area contributed by atoms with Gasteiger partial charge in [0.15, 0.2) is 0 Å². The average Bonchev–Trinajstić information content (AvgIpc) is 2.89. The summed E-state index contributed by atoms with van der Waals surface area (Å²) in [4.78, 5) is 42.8. The summed E-state index contributed by atoms with van der Waals surface area (Å²) in [5, 5.41) is 35.1. The fraction of sp³-hybridized carbons (Fsp3) is 0. The van der Waals surface area contributed by atoms with Gasteiger partial charge in [0.25, 0.3) is 0 Å². The minimum absolute atomic E-state index is 0. The zero-order chi connectivity index (χ0) is 26.2. The van der Waals surface area contributed by atoms with Crippen molar-refractivity contribution in [2.45, 2.75) is 0 Å². The third-order valence-electron chi connectivity index (χ3n) is 5.19. The predicted octanol–water partition coefficient (Wildman–Crippen LogP) is 4.68. The molecule has 9 heteroatoms. The zero-order valence-corrected chi connectivity index (χ0v) is 19.2. The Balaban J connectivity index is 0.000000253. The molecule has 0 aliphatic carbocycles. The van der Waals surface area contributed by atoms with E-state index in [1.54, 1.807) is 48.5 Å². The van der Waals surface area contributed by atoms with Crippen molar-refractivity contribution in [2.24, 2.45) is 0 Å². The first-order chi connectivity index (χ1) is 17.2. The molecule has 4 aromatic rings. The Morgan fingerprint density at radius 3 is 0.568 bits per heavy atom. The van der Waals surface area contributed by atoms with Crippen LogP contribution in [0.1, 0.15) is 41.4 Å². The SMILES string of the molecule is O.O=C(O)c1ccc(-c2ccc(C(=O)O)cc2)cc1.O=C(O)c1ccc(-c2ccc(C(=O)O)cc2)cc1. The summed E-state index contributed by atoms with van der Waals surface area (Å²) in [6.45, 7) is 0. The number of hydrogen-bond acceptors (Lipinski definition) is 4. The van der Waals surface area contributed by atoms with Crippen LogP contribution >= 0.6 is 0 Å². The molecule has 0 radical (unpaired) electrons. The lowest BCUT2D eigenvalue weighted by Crippen LogP contribution is -1.96. The fourth-order valence-corrected chi connectivity index (χ4v) is 3.22. The van der Waals surface area contributed by atoms with E-state index in [0.29, 0.717) is 0 Å². The van der Waals surface area contributed by atoms with Gasteiger partial charge in [0.05, 0.1) is 22.3 Å². The third kappa shape index (κ3) is 7.35. The van der Waals surface area contributed by atoms with Crippen molar-refractivity contribution in [3.05, 3.63) is 119 Å². The van der Waals surface area contributed by atoms with Crippen LogP contribution in [0.25, 0.3) is 22.3 Å². The molecular weight excluding hydrogens is 480 g/mol. The first kappa shape index (κ1) is 28.0. The van der Waals surface area contributed by atoms with Crippen molar-refractivity contribution < 1.29 is 45.1 Å². The summed E-state index contributed by atoms with van der Waals surface area (Å²) < 4.78 is 0. The van der Waals surface area contributed by atoms with Crippen LogP contribution in [0.15, 0.2) is 97.1 Å². The molecule has 0 fully saturated rings. The van der Waals surface area contributed by atoms with E-state index in [1.165, 1.54) is 48.5 Å². The largest absolute Gasteiger partial charge is 0.478 e. The van der Waals surface area contributed by atoms with Crippen LogP contribution in [0.3, 0.4) is 0 Å². The molecule has 0 heterocycles. The van der Waals surface area contributed by atoms with Gasteiger partial charge in [-0.1, -0.05) is 48.5 Å². The zero-order valence-electron chi connectivity index (χ0n) is 19.2. The van der Waals surface area contributed by atoms with Gasteiger partial charge in [-0.25, -0.2) is 19.2 Å². The Kier molecular flexibility index (Phi) is 9.39. The molecule has 0 spiro atoms. The van der Waals surface area contributed by atoms with Crippen molar-refractivity contribution in [3.63, 3.8) is 0 Å². The van der Waals surface area contributed by atoms with Crippen LogP contribution in [-0.4, -0.2) is 49.8 Å². The van der Waals surface area contributed by atoms with Gasteiger partial charge in [0, 0.05) is 0 Å². The second-order valence-corrected chi connectivity index (χ2v) is 7.53. The maximum Gasteiger partial charge on any atom is 0.335 e. The maximum absolute atomic E-state index is 10.7. The Morgan fingerprint density at radius 1 is 0.324 bits per heavy atom. The van der Waals surface area contributed by atoms with E-state index in [-0.39, 0.29) is 27.7 Å². The summed E-state index contributed by atoms with van der Waals surface area (Å²) >= 11 is 0. The molecule has 0 amide bonds. The lowest BCUT2D eigenvalue weighted by atomic mass is 10.0. The number of aromatic carboxylic acids is 4. The van der Waals surface area contributed by atoms with E-state index >= 15 is 0 Å². The monoisotopic (exact) mass is 502 g/mol. The van der Waals surface area contributed by atoms with Crippen LogP contribution < -0.4 is 0 Å². The van der Waals surface area contributed by atoms with Gasteiger partial charge < -0.3 is 25.9 Å². The molecule has 0 saturated heterocycles. The second kappa shape index (κ2) is 12.4. The molecule has 9 nitrogen and oxygen atoms in total. The normalized spacial score (nSPS) is 9.73. The molecule has 0 aliphatic rings. The molecule has 0 unspecified atom stereocenters. The molecule has 4 rings (SSSR count). The topological polar surface area (TPSA) is 181 Å².